The van der Waals surface area contributed by atoms with E-state index in [9.17, 15) is 9.59 Å². The van der Waals surface area contributed by atoms with Crippen LogP contribution in [0.3, 0.4) is 0 Å². The molecule has 0 radical (unpaired) electrons. The van der Waals surface area contributed by atoms with Crippen molar-refractivity contribution in [2.24, 2.45) is 5.92 Å². The van der Waals surface area contributed by atoms with Gasteiger partial charge in [0.15, 0.2) is 0 Å². The van der Waals surface area contributed by atoms with Crippen LogP contribution in [0.25, 0.3) is 0 Å². The lowest BCUT2D eigenvalue weighted by molar-refractivity contribution is -0.130. The molecule has 6 nitrogen and oxygen atoms in total. The number of nitrogens with zero attached hydrogens (tertiary/aromatic N) is 1. The molecule has 0 saturated carbocycles. The highest BCUT2D eigenvalue weighted by Crippen LogP contribution is 2.09. The van der Waals surface area contributed by atoms with Gasteiger partial charge >= 0.3 is 0 Å². The molecule has 1 heterocycles. The molecule has 0 unspecified atom stereocenters. The van der Waals surface area contributed by atoms with E-state index in [1.54, 1.807) is 0 Å². The Morgan fingerprint density at radius 2 is 1.80 bits per heavy atom. The van der Waals surface area contributed by atoms with Crippen molar-refractivity contribution in [1.29, 1.82) is 0 Å². The van der Waals surface area contributed by atoms with Gasteiger partial charge in [-0.1, -0.05) is 20.8 Å². The Balaban J connectivity index is 0. The summed E-state index contributed by atoms with van der Waals surface area (Å²) in [5.41, 5.74) is 0. The van der Waals surface area contributed by atoms with Crippen LogP contribution in [0.1, 0.15) is 46.5 Å². The van der Waals surface area contributed by atoms with Crippen molar-refractivity contribution in [3.8, 4) is 0 Å². The maximum atomic E-state index is 11.2. The molecule has 0 bridgehead atoms. The third-order valence-corrected chi connectivity index (χ3v) is 2.53. The molecule has 6 heteroatoms. The third-order valence-electron chi connectivity index (χ3n) is 2.53. The second-order valence-electron chi connectivity index (χ2n) is 4.86. The van der Waals surface area contributed by atoms with E-state index in [0.29, 0.717) is 11.8 Å². The van der Waals surface area contributed by atoms with Crippen molar-refractivity contribution in [3.63, 3.8) is 0 Å². The largest absolute Gasteiger partial charge is 0.483 e. The fourth-order valence-corrected chi connectivity index (χ4v) is 1.62. The monoisotopic (exact) mass is 288 g/mol. The highest BCUT2D eigenvalue weighted by molar-refractivity contribution is 5.76. The van der Waals surface area contributed by atoms with Gasteiger partial charge in [-0.15, -0.1) is 0 Å². The fourth-order valence-electron chi connectivity index (χ4n) is 1.62. The van der Waals surface area contributed by atoms with Gasteiger partial charge in [0.25, 0.3) is 6.47 Å². The Morgan fingerprint density at radius 1 is 1.30 bits per heavy atom. The molecule has 0 aromatic rings. The van der Waals surface area contributed by atoms with E-state index in [-0.39, 0.29) is 6.47 Å². The molecular weight excluding hydrogens is 260 g/mol. The maximum absolute atomic E-state index is 11.2. The van der Waals surface area contributed by atoms with E-state index in [2.05, 4.69) is 19.2 Å². The molecule has 0 aromatic carbocycles. The highest BCUT2D eigenvalue weighted by atomic mass is 16.3. The third kappa shape index (κ3) is 14.5. The molecule has 118 valence electrons. The minimum atomic E-state index is -0.250. The average Bonchev–Trinajstić information content (AvgIpc) is 2.92. The van der Waals surface area contributed by atoms with Gasteiger partial charge in [0, 0.05) is 26.1 Å². The maximum Gasteiger partial charge on any atom is 0.290 e. The number of carbonyl (C=O) groups is 3. The number of hydrogen-bond acceptors (Lipinski definition) is 3. The molecular formula is C14H28N2O4. The SMILES string of the molecule is CC(C)CNC=O.CCCC(=O)N1CCCC1.O=CO. The van der Waals surface area contributed by atoms with Crippen LogP contribution in [0.15, 0.2) is 0 Å². The predicted octanol–water partition coefficient (Wildman–Crippen LogP) is 1.50. The molecule has 1 saturated heterocycles. The van der Waals surface area contributed by atoms with Gasteiger partial charge < -0.3 is 15.3 Å². The number of carboxylic acid groups (broad SMARTS) is 1. The predicted molar refractivity (Wildman–Crippen MR) is 78.3 cm³/mol. The van der Waals surface area contributed by atoms with Crippen LogP contribution in [-0.2, 0) is 14.4 Å². The first-order valence-corrected chi connectivity index (χ1v) is 7.06. The van der Waals surface area contributed by atoms with Crippen LogP contribution in [-0.4, -0.2) is 48.4 Å². The van der Waals surface area contributed by atoms with Gasteiger partial charge in [0.2, 0.25) is 12.3 Å². The summed E-state index contributed by atoms with van der Waals surface area (Å²) in [6.07, 6.45) is 4.85. The van der Waals surface area contributed by atoms with Crippen molar-refractivity contribution in [3.05, 3.63) is 0 Å². The molecule has 2 amide bonds. The summed E-state index contributed by atoms with van der Waals surface area (Å²) in [6.45, 7) is 8.68. The van der Waals surface area contributed by atoms with Crippen molar-refractivity contribution in [1.82, 2.24) is 10.2 Å². The quantitative estimate of drug-likeness (QED) is 0.751. The van der Waals surface area contributed by atoms with Gasteiger partial charge in [-0.25, -0.2) is 0 Å². The summed E-state index contributed by atoms with van der Waals surface area (Å²) in [6, 6.07) is 0. The van der Waals surface area contributed by atoms with E-state index in [1.165, 1.54) is 12.8 Å². The zero-order valence-corrected chi connectivity index (χ0v) is 12.8. The van der Waals surface area contributed by atoms with E-state index >= 15 is 0 Å². The van der Waals surface area contributed by atoms with Crippen LogP contribution in [0.4, 0.5) is 0 Å². The molecule has 2 N–H and O–H groups in total. The molecule has 1 fully saturated rings. The number of hydrogen-bond donors (Lipinski definition) is 2. The second-order valence-corrected chi connectivity index (χ2v) is 4.86. The second kappa shape index (κ2) is 15.5. The molecule has 1 rings (SSSR count). The van der Waals surface area contributed by atoms with E-state index in [4.69, 9.17) is 9.90 Å². The lowest BCUT2D eigenvalue weighted by Crippen LogP contribution is -2.26. The number of likely N-dealkylation sites (tertiary alicyclic amines) is 1. The lowest BCUT2D eigenvalue weighted by Gasteiger charge is -2.13. The normalized spacial score (nSPS) is 12.7. The summed E-state index contributed by atoms with van der Waals surface area (Å²) in [5, 5.41) is 9.46. The Hall–Kier alpha value is -1.59. The van der Waals surface area contributed by atoms with Crippen molar-refractivity contribution >= 4 is 18.8 Å². The summed E-state index contributed by atoms with van der Waals surface area (Å²) in [5.74, 6) is 0.908. The standard InChI is InChI=1S/C8H15NO.C5H11NO.CH2O2/c1-2-5-8(10)9-6-3-4-7-9;1-5(2)3-6-4-7;2-1-3/h2-7H2,1H3;4-5H,3H2,1-2H3,(H,6,7);1H,(H,2,3). The van der Waals surface area contributed by atoms with Gasteiger partial charge in [0.05, 0.1) is 0 Å². The summed E-state index contributed by atoms with van der Waals surface area (Å²) in [7, 11) is 0. The molecule has 20 heavy (non-hydrogen) atoms. The zero-order valence-electron chi connectivity index (χ0n) is 12.8. The first kappa shape index (κ1) is 20.7. The number of nitrogens with one attached hydrogen (secondary N) is 1. The van der Waals surface area contributed by atoms with Crippen LogP contribution in [0.2, 0.25) is 0 Å². The minimum absolute atomic E-state index is 0.250. The molecule has 0 atom stereocenters. The number of carbonyl (C=O) groups excluding carboxylic acids is 2. The Kier molecular flexibility index (Phi) is 16.0. The number of amides is 2. The van der Waals surface area contributed by atoms with Crippen molar-refractivity contribution < 1.29 is 19.5 Å². The smallest absolute Gasteiger partial charge is 0.290 e. The summed E-state index contributed by atoms with van der Waals surface area (Å²) < 4.78 is 0. The highest BCUT2D eigenvalue weighted by Gasteiger charge is 2.15. The van der Waals surface area contributed by atoms with Crippen LogP contribution >= 0.6 is 0 Å². The molecule has 1 aliphatic rings. The molecule has 1 aliphatic heterocycles. The first-order chi connectivity index (χ1) is 9.53. The lowest BCUT2D eigenvalue weighted by atomic mass is 10.2. The zero-order chi connectivity index (χ0) is 15.8. The minimum Gasteiger partial charge on any atom is -0.483 e. The van der Waals surface area contributed by atoms with Crippen LogP contribution < -0.4 is 5.32 Å². The van der Waals surface area contributed by atoms with Crippen molar-refractivity contribution in [2.45, 2.75) is 46.5 Å². The first-order valence-electron chi connectivity index (χ1n) is 7.06. The average molecular weight is 288 g/mol. The number of rotatable bonds is 5. The van der Waals surface area contributed by atoms with E-state index in [0.717, 1.165) is 38.9 Å². The fraction of sp³-hybridized carbons (Fsp3) is 0.786. The molecule has 0 aromatic heterocycles. The van der Waals surface area contributed by atoms with Gasteiger partial charge in [-0.3, -0.25) is 14.4 Å². The van der Waals surface area contributed by atoms with Crippen LogP contribution in [0.5, 0.6) is 0 Å². The summed E-state index contributed by atoms with van der Waals surface area (Å²) >= 11 is 0. The Bertz CT molecular complexity index is 252. The van der Waals surface area contributed by atoms with E-state index < -0.39 is 0 Å². The van der Waals surface area contributed by atoms with Crippen LogP contribution in [0, 0.1) is 5.92 Å². The Labute approximate surface area is 121 Å². The van der Waals surface area contributed by atoms with Gasteiger partial charge in [-0.05, 0) is 25.2 Å². The summed E-state index contributed by atoms with van der Waals surface area (Å²) in [4.78, 5) is 31.1. The van der Waals surface area contributed by atoms with Gasteiger partial charge in [-0.2, -0.15) is 0 Å². The van der Waals surface area contributed by atoms with E-state index in [1.807, 2.05) is 11.8 Å². The van der Waals surface area contributed by atoms with Gasteiger partial charge in [0.1, 0.15) is 0 Å². The molecule has 0 spiro atoms. The topological polar surface area (TPSA) is 86.7 Å². The molecule has 0 aliphatic carbocycles. The van der Waals surface area contributed by atoms with Crippen molar-refractivity contribution in [2.75, 3.05) is 19.6 Å². The Morgan fingerprint density at radius 3 is 2.10 bits per heavy atom.